The monoisotopic (exact) mass is 374 g/mol. The number of methoxy groups -OCH3 is 2. The van der Waals surface area contributed by atoms with E-state index in [4.69, 9.17) is 14.6 Å². The fourth-order valence-corrected chi connectivity index (χ4v) is 2.46. The molecule has 0 fully saturated rings. The Morgan fingerprint density at radius 3 is 2.30 bits per heavy atom. The van der Waals surface area contributed by atoms with E-state index in [0.717, 1.165) is 0 Å². The molecular formula is C18H18N2O7. The number of carboxylic acids is 1. The van der Waals surface area contributed by atoms with Gasteiger partial charge in [0.05, 0.1) is 31.6 Å². The number of carbonyl (C=O) groups is 2. The smallest absolute Gasteiger partial charge is 0.305 e. The summed E-state index contributed by atoms with van der Waals surface area (Å²) in [6, 6.07) is 9.07. The van der Waals surface area contributed by atoms with Gasteiger partial charge in [-0.25, -0.2) is 0 Å². The van der Waals surface area contributed by atoms with E-state index in [2.05, 4.69) is 5.32 Å². The number of aliphatic carboxylic acids is 1. The number of hydrogen-bond donors (Lipinski definition) is 2. The lowest BCUT2D eigenvalue weighted by Gasteiger charge is -2.18. The highest BCUT2D eigenvalue weighted by Gasteiger charge is 2.21. The zero-order valence-corrected chi connectivity index (χ0v) is 14.7. The number of hydrogen-bond acceptors (Lipinski definition) is 6. The van der Waals surface area contributed by atoms with Crippen molar-refractivity contribution >= 4 is 17.6 Å². The number of rotatable bonds is 8. The van der Waals surface area contributed by atoms with Crippen LogP contribution >= 0.6 is 0 Å². The fourth-order valence-electron chi connectivity index (χ4n) is 2.46. The first-order chi connectivity index (χ1) is 12.8. The highest BCUT2D eigenvalue weighted by atomic mass is 16.6. The summed E-state index contributed by atoms with van der Waals surface area (Å²) in [7, 11) is 2.87. The molecular weight excluding hydrogens is 356 g/mol. The molecule has 0 aliphatic carbocycles. The third-order valence-corrected chi connectivity index (χ3v) is 3.78. The third kappa shape index (κ3) is 5.18. The van der Waals surface area contributed by atoms with Crippen LogP contribution in [0.3, 0.4) is 0 Å². The van der Waals surface area contributed by atoms with E-state index in [1.165, 1.54) is 50.6 Å². The number of carbonyl (C=O) groups excluding carboxylic acids is 1. The molecule has 9 heteroatoms. The highest BCUT2D eigenvalue weighted by molar-refractivity contribution is 5.95. The van der Waals surface area contributed by atoms with Crippen LogP contribution in [0.4, 0.5) is 5.69 Å². The Morgan fingerprint density at radius 1 is 1.15 bits per heavy atom. The second-order valence-electron chi connectivity index (χ2n) is 5.58. The van der Waals surface area contributed by atoms with Gasteiger partial charge in [-0.3, -0.25) is 19.7 Å². The van der Waals surface area contributed by atoms with Gasteiger partial charge >= 0.3 is 5.97 Å². The van der Waals surface area contributed by atoms with Crippen LogP contribution in [0.25, 0.3) is 0 Å². The van der Waals surface area contributed by atoms with Gasteiger partial charge in [-0.2, -0.15) is 0 Å². The number of nitrogens with zero attached hydrogens (tertiary/aromatic N) is 1. The molecule has 2 aromatic carbocycles. The minimum Gasteiger partial charge on any atom is -0.497 e. The highest BCUT2D eigenvalue weighted by Crippen LogP contribution is 2.25. The Kier molecular flexibility index (Phi) is 6.32. The molecule has 142 valence electrons. The standard InChI is InChI=1S/C18H18N2O7/c1-26-14-7-12(8-15(9-14)27-2)18(23)19-16(10-17(21)22)11-4-3-5-13(6-11)20(24)25/h3-9,16H,10H2,1-2H3,(H,19,23)(H,21,22)/t16-/m0/s1. The average molecular weight is 374 g/mol. The molecule has 0 saturated carbocycles. The van der Waals surface area contributed by atoms with Crippen molar-refractivity contribution in [3.63, 3.8) is 0 Å². The fraction of sp³-hybridized carbons (Fsp3) is 0.222. The summed E-state index contributed by atoms with van der Waals surface area (Å²) in [4.78, 5) is 34.2. The summed E-state index contributed by atoms with van der Waals surface area (Å²) in [5, 5.41) is 22.7. The van der Waals surface area contributed by atoms with Gasteiger partial charge in [0.2, 0.25) is 0 Å². The Bertz CT molecular complexity index is 844. The van der Waals surface area contributed by atoms with Crippen molar-refractivity contribution in [2.24, 2.45) is 0 Å². The molecule has 0 radical (unpaired) electrons. The predicted octanol–water partition coefficient (Wildman–Crippen LogP) is 2.56. The summed E-state index contributed by atoms with van der Waals surface area (Å²) in [5.74, 6) is -0.936. The van der Waals surface area contributed by atoms with Gasteiger partial charge < -0.3 is 19.9 Å². The number of nitrogens with one attached hydrogen (secondary N) is 1. The van der Waals surface area contributed by atoms with Crippen molar-refractivity contribution in [3.8, 4) is 11.5 Å². The molecule has 0 aromatic heterocycles. The average Bonchev–Trinajstić information content (AvgIpc) is 2.66. The maximum atomic E-state index is 12.6. The first-order valence-corrected chi connectivity index (χ1v) is 7.84. The molecule has 9 nitrogen and oxygen atoms in total. The van der Waals surface area contributed by atoms with E-state index in [1.807, 2.05) is 0 Å². The van der Waals surface area contributed by atoms with E-state index in [1.54, 1.807) is 6.07 Å². The Hall–Kier alpha value is -3.62. The summed E-state index contributed by atoms with van der Waals surface area (Å²) in [6.45, 7) is 0. The zero-order chi connectivity index (χ0) is 20.0. The molecule has 0 spiro atoms. The molecule has 1 atom stereocenters. The van der Waals surface area contributed by atoms with Gasteiger partial charge in [-0.1, -0.05) is 12.1 Å². The van der Waals surface area contributed by atoms with E-state index in [9.17, 15) is 19.7 Å². The van der Waals surface area contributed by atoms with Crippen LogP contribution in [-0.4, -0.2) is 36.1 Å². The van der Waals surface area contributed by atoms with Gasteiger partial charge in [-0.15, -0.1) is 0 Å². The molecule has 0 aliphatic rings. The van der Waals surface area contributed by atoms with E-state index in [0.29, 0.717) is 17.1 Å². The maximum absolute atomic E-state index is 12.6. The lowest BCUT2D eigenvalue weighted by Crippen LogP contribution is -2.30. The van der Waals surface area contributed by atoms with E-state index >= 15 is 0 Å². The molecule has 0 aliphatic heterocycles. The van der Waals surface area contributed by atoms with Gasteiger partial charge in [0, 0.05) is 23.8 Å². The molecule has 0 saturated heterocycles. The molecule has 0 bridgehead atoms. The molecule has 1 amide bonds. The van der Waals surface area contributed by atoms with Crippen LogP contribution in [0.1, 0.15) is 28.4 Å². The lowest BCUT2D eigenvalue weighted by atomic mass is 10.0. The second-order valence-corrected chi connectivity index (χ2v) is 5.58. The number of non-ortho nitro benzene ring substituents is 1. The first-order valence-electron chi connectivity index (χ1n) is 7.84. The van der Waals surface area contributed by atoms with Crippen molar-refractivity contribution in [1.82, 2.24) is 5.32 Å². The summed E-state index contributed by atoms with van der Waals surface area (Å²) in [5.41, 5.74) is 0.321. The Balaban J connectivity index is 2.33. The summed E-state index contributed by atoms with van der Waals surface area (Å²) < 4.78 is 10.2. The third-order valence-electron chi connectivity index (χ3n) is 3.78. The van der Waals surface area contributed by atoms with Crippen LogP contribution in [-0.2, 0) is 4.79 Å². The summed E-state index contributed by atoms with van der Waals surface area (Å²) >= 11 is 0. The second kappa shape index (κ2) is 8.65. The minimum absolute atomic E-state index is 0.194. The van der Waals surface area contributed by atoms with Crippen molar-refractivity contribution in [2.75, 3.05) is 14.2 Å². The van der Waals surface area contributed by atoms with Crippen molar-refractivity contribution in [1.29, 1.82) is 0 Å². The summed E-state index contributed by atoms with van der Waals surface area (Å²) in [6.07, 6.45) is -0.436. The topological polar surface area (TPSA) is 128 Å². The Labute approximate surface area is 154 Å². The predicted molar refractivity (Wildman–Crippen MR) is 95.1 cm³/mol. The molecule has 27 heavy (non-hydrogen) atoms. The number of carboxylic acid groups (broad SMARTS) is 1. The lowest BCUT2D eigenvalue weighted by molar-refractivity contribution is -0.384. The molecule has 0 heterocycles. The maximum Gasteiger partial charge on any atom is 0.305 e. The zero-order valence-electron chi connectivity index (χ0n) is 14.7. The van der Waals surface area contributed by atoms with Crippen LogP contribution in [0.15, 0.2) is 42.5 Å². The largest absolute Gasteiger partial charge is 0.497 e. The van der Waals surface area contributed by atoms with Gasteiger partial charge in [0.15, 0.2) is 0 Å². The molecule has 0 unspecified atom stereocenters. The van der Waals surface area contributed by atoms with Crippen molar-refractivity contribution < 1.29 is 29.1 Å². The van der Waals surface area contributed by atoms with Crippen LogP contribution in [0.5, 0.6) is 11.5 Å². The molecule has 2 N–H and O–H groups in total. The van der Waals surface area contributed by atoms with Gasteiger partial charge in [-0.05, 0) is 17.7 Å². The SMILES string of the molecule is COc1cc(OC)cc(C(=O)N[C@@H](CC(=O)O)c2cccc([N+](=O)[O-])c2)c1. The number of benzene rings is 2. The first kappa shape index (κ1) is 19.7. The molecule has 2 aromatic rings. The number of nitro groups is 1. The molecule has 2 rings (SSSR count). The number of ether oxygens (including phenoxy) is 2. The van der Waals surface area contributed by atoms with E-state index in [-0.39, 0.29) is 11.3 Å². The number of amides is 1. The van der Waals surface area contributed by atoms with Gasteiger partial charge in [0.1, 0.15) is 11.5 Å². The number of nitro benzene ring substituents is 1. The quantitative estimate of drug-likeness (QED) is 0.537. The minimum atomic E-state index is -1.16. The Morgan fingerprint density at radius 2 is 1.78 bits per heavy atom. The van der Waals surface area contributed by atoms with E-state index < -0.39 is 29.3 Å². The van der Waals surface area contributed by atoms with Crippen molar-refractivity contribution in [3.05, 3.63) is 63.7 Å². The van der Waals surface area contributed by atoms with Gasteiger partial charge in [0.25, 0.3) is 11.6 Å². The normalized spacial score (nSPS) is 11.3. The van der Waals surface area contributed by atoms with Crippen LogP contribution in [0, 0.1) is 10.1 Å². The van der Waals surface area contributed by atoms with Crippen LogP contribution < -0.4 is 14.8 Å². The van der Waals surface area contributed by atoms with Crippen molar-refractivity contribution in [2.45, 2.75) is 12.5 Å². The van der Waals surface area contributed by atoms with Crippen LogP contribution in [0.2, 0.25) is 0 Å².